The highest BCUT2D eigenvalue weighted by atomic mass is 35.5. The van der Waals surface area contributed by atoms with E-state index in [0.29, 0.717) is 56.2 Å². The predicted molar refractivity (Wildman–Crippen MR) is 197 cm³/mol. The van der Waals surface area contributed by atoms with Crippen LogP contribution in [-0.4, -0.2) is 67.4 Å². The van der Waals surface area contributed by atoms with E-state index >= 15 is 0 Å². The number of amides is 2. The molecule has 262 valence electrons. The van der Waals surface area contributed by atoms with Crippen molar-refractivity contribution in [1.82, 2.24) is 28.9 Å². The number of hydrogen-bond donors (Lipinski definition) is 2. The number of nitrogens with zero attached hydrogens (tertiary/aromatic N) is 6. The van der Waals surface area contributed by atoms with Crippen LogP contribution in [0.2, 0.25) is 10.0 Å². The van der Waals surface area contributed by atoms with E-state index in [0.717, 1.165) is 67.7 Å². The number of halogens is 2. The third-order valence-electron chi connectivity index (χ3n) is 11.8. The number of aromatic nitrogens is 4. The molecule has 2 bridgehead atoms. The van der Waals surface area contributed by atoms with Crippen molar-refractivity contribution in [2.45, 2.75) is 64.5 Å². The van der Waals surface area contributed by atoms with Gasteiger partial charge in [-0.1, -0.05) is 47.5 Å². The van der Waals surface area contributed by atoms with E-state index in [1.807, 2.05) is 54.5 Å². The Hall–Kier alpha value is -3.70. The maximum atomic E-state index is 13.7. The first-order valence-electron chi connectivity index (χ1n) is 17.8. The van der Waals surface area contributed by atoms with E-state index in [1.165, 1.54) is 38.5 Å². The Morgan fingerprint density at radius 3 is 1.88 bits per heavy atom. The SMILES string of the molecule is CN1CCc2c(nc(C(=O)Nc3cccc(-c4cccc(NC(=O)c5nc6c(n5C)CCN(CCC57CCC(CC5)C7)C6)c4Cl)c3Cl)n2C)C1. The number of carbonyl (C=O) groups excluding carboxylic acids is 2. The topological polar surface area (TPSA) is 100 Å². The van der Waals surface area contributed by atoms with Gasteiger partial charge in [0.15, 0.2) is 11.6 Å². The van der Waals surface area contributed by atoms with Crippen LogP contribution in [0.25, 0.3) is 11.1 Å². The number of fused-ring (bicyclic) bond motifs is 4. The highest BCUT2D eigenvalue weighted by molar-refractivity contribution is 6.40. The molecule has 2 saturated carbocycles. The normalized spacial score (nSPS) is 21.7. The summed E-state index contributed by atoms with van der Waals surface area (Å²) in [6, 6.07) is 10.9. The van der Waals surface area contributed by atoms with E-state index in [-0.39, 0.29) is 11.8 Å². The average molecular weight is 716 g/mol. The minimum Gasteiger partial charge on any atom is -0.327 e. The Morgan fingerprint density at radius 2 is 1.34 bits per heavy atom. The molecule has 4 aliphatic rings. The Labute approximate surface area is 303 Å². The average Bonchev–Trinajstić information content (AvgIpc) is 3.88. The second kappa shape index (κ2) is 13.1. The minimum atomic E-state index is -0.336. The van der Waals surface area contributed by atoms with E-state index in [1.54, 1.807) is 12.1 Å². The first kappa shape index (κ1) is 33.4. The maximum Gasteiger partial charge on any atom is 0.291 e. The minimum absolute atomic E-state index is 0.314. The fraction of sp³-hybridized carbons (Fsp3) is 0.474. The molecule has 2 fully saturated rings. The van der Waals surface area contributed by atoms with Crippen molar-refractivity contribution in [2.75, 3.05) is 37.3 Å². The van der Waals surface area contributed by atoms with Crippen LogP contribution < -0.4 is 10.6 Å². The van der Waals surface area contributed by atoms with E-state index in [4.69, 9.17) is 28.2 Å². The summed E-state index contributed by atoms with van der Waals surface area (Å²) in [6.45, 7) is 4.49. The zero-order chi connectivity index (χ0) is 34.7. The lowest BCUT2D eigenvalue weighted by molar-refractivity contribution is 0.100. The molecule has 4 heterocycles. The molecule has 0 unspecified atom stereocenters. The Bertz CT molecular complexity index is 1990. The second-order valence-electron chi connectivity index (χ2n) is 14.9. The van der Waals surface area contributed by atoms with Crippen molar-refractivity contribution in [3.63, 3.8) is 0 Å². The molecule has 0 radical (unpaired) electrons. The number of imidazole rings is 2. The van der Waals surface area contributed by atoms with Crippen molar-refractivity contribution in [2.24, 2.45) is 25.4 Å². The monoisotopic (exact) mass is 714 g/mol. The van der Waals surface area contributed by atoms with Crippen molar-refractivity contribution < 1.29 is 9.59 Å². The van der Waals surface area contributed by atoms with Crippen LogP contribution >= 0.6 is 23.2 Å². The first-order chi connectivity index (χ1) is 24.1. The predicted octanol–water partition coefficient (Wildman–Crippen LogP) is 6.95. The lowest BCUT2D eigenvalue weighted by Gasteiger charge is -2.32. The van der Waals surface area contributed by atoms with Gasteiger partial charge in [0.2, 0.25) is 0 Å². The summed E-state index contributed by atoms with van der Waals surface area (Å²) in [5, 5.41) is 6.64. The highest BCUT2D eigenvalue weighted by Crippen LogP contribution is 2.56. The number of hydrogen-bond acceptors (Lipinski definition) is 6. The van der Waals surface area contributed by atoms with Gasteiger partial charge in [-0.05, 0) is 75.6 Å². The maximum absolute atomic E-state index is 13.7. The molecule has 0 saturated heterocycles. The van der Waals surface area contributed by atoms with Crippen molar-refractivity contribution in [3.05, 3.63) is 80.9 Å². The fourth-order valence-electron chi connectivity index (χ4n) is 8.93. The van der Waals surface area contributed by atoms with Crippen LogP contribution in [0.1, 0.15) is 82.5 Å². The largest absolute Gasteiger partial charge is 0.327 e. The molecule has 8 rings (SSSR count). The van der Waals surface area contributed by atoms with E-state index < -0.39 is 0 Å². The van der Waals surface area contributed by atoms with E-state index in [9.17, 15) is 9.59 Å². The number of anilines is 2. The molecule has 10 nitrogen and oxygen atoms in total. The summed E-state index contributed by atoms with van der Waals surface area (Å²) in [6.07, 6.45) is 10.0. The number of likely N-dealkylation sites (N-methyl/N-ethyl adjacent to an activating group) is 1. The summed E-state index contributed by atoms with van der Waals surface area (Å²) in [7, 11) is 5.84. The molecule has 2 amide bonds. The molecule has 2 aromatic carbocycles. The highest BCUT2D eigenvalue weighted by Gasteiger charge is 2.44. The second-order valence-corrected chi connectivity index (χ2v) is 15.7. The third kappa shape index (κ3) is 6.04. The van der Waals surface area contributed by atoms with Crippen LogP contribution in [0.4, 0.5) is 11.4 Å². The Morgan fingerprint density at radius 1 is 0.800 bits per heavy atom. The standard InChI is InChI=1S/C38H44Cl2N8O2/c1-45-17-12-30-28(21-45)41-34(46(30)2)36(49)43-26-8-4-6-24(32(26)39)25-7-5-9-27(33(25)40)44-37(50)35-42-29-22-48(18-13-31(29)47(35)3)19-16-38-14-10-23(20-38)11-15-38/h4-9,23H,10-22H2,1-3H3,(H,43,49)(H,44,50). The lowest BCUT2D eigenvalue weighted by Crippen LogP contribution is -2.34. The van der Waals surface area contributed by atoms with Crippen molar-refractivity contribution in [3.8, 4) is 11.1 Å². The van der Waals surface area contributed by atoms with Crippen LogP contribution in [0, 0.1) is 11.3 Å². The van der Waals surface area contributed by atoms with Gasteiger partial charge in [-0.2, -0.15) is 0 Å². The molecule has 2 aromatic heterocycles. The van der Waals surface area contributed by atoms with Gasteiger partial charge in [0.05, 0.1) is 32.8 Å². The van der Waals surface area contributed by atoms with Gasteiger partial charge < -0.3 is 24.7 Å². The smallest absolute Gasteiger partial charge is 0.291 e. The summed E-state index contributed by atoms with van der Waals surface area (Å²) >= 11 is 13.9. The summed E-state index contributed by atoms with van der Waals surface area (Å²) in [5.74, 6) is 1.03. The molecule has 2 aliphatic heterocycles. The Balaban J connectivity index is 0.967. The third-order valence-corrected chi connectivity index (χ3v) is 12.6. The van der Waals surface area contributed by atoms with Gasteiger partial charge in [-0.15, -0.1) is 0 Å². The van der Waals surface area contributed by atoms with E-state index in [2.05, 4.69) is 25.4 Å². The quantitative estimate of drug-likeness (QED) is 0.205. The van der Waals surface area contributed by atoms with Gasteiger partial charge in [-0.25, -0.2) is 9.97 Å². The van der Waals surface area contributed by atoms with Gasteiger partial charge in [0, 0.05) is 75.6 Å². The van der Waals surface area contributed by atoms with Gasteiger partial charge >= 0.3 is 0 Å². The van der Waals surface area contributed by atoms with Crippen LogP contribution in [-0.2, 0) is 40.0 Å². The number of benzene rings is 2. The molecule has 0 spiro atoms. The zero-order valence-corrected chi connectivity index (χ0v) is 30.5. The van der Waals surface area contributed by atoms with Gasteiger partial charge in [0.1, 0.15) is 0 Å². The lowest BCUT2D eigenvalue weighted by atomic mass is 9.81. The number of carbonyl (C=O) groups is 2. The van der Waals surface area contributed by atoms with Gasteiger partial charge in [0.25, 0.3) is 11.8 Å². The molecule has 2 aliphatic carbocycles. The first-order valence-corrected chi connectivity index (χ1v) is 18.5. The summed E-state index contributed by atoms with van der Waals surface area (Å²) in [5.41, 5.74) is 6.84. The van der Waals surface area contributed by atoms with Crippen LogP contribution in [0.3, 0.4) is 0 Å². The molecule has 12 heteroatoms. The van der Waals surface area contributed by atoms with Crippen LogP contribution in [0.15, 0.2) is 36.4 Å². The summed E-state index contributed by atoms with van der Waals surface area (Å²) in [4.78, 5) is 41.2. The van der Waals surface area contributed by atoms with Crippen molar-refractivity contribution >= 4 is 46.4 Å². The zero-order valence-electron chi connectivity index (χ0n) is 29.0. The number of nitrogens with one attached hydrogen (secondary N) is 2. The summed E-state index contributed by atoms with van der Waals surface area (Å²) < 4.78 is 3.79. The number of rotatable bonds is 8. The molecular weight excluding hydrogens is 671 g/mol. The Kier molecular flexibility index (Phi) is 8.78. The van der Waals surface area contributed by atoms with Crippen LogP contribution in [0.5, 0.6) is 0 Å². The molecule has 2 N–H and O–H groups in total. The fourth-order valence-corrected chi connectivity index (χ4v) is 9.48. The molecule has 50 heavy (non-hydrogen) atoms. The van der Waals surface area contributed by atoms with Crippen molar-refractivity contribution in [1.29, 1.82) is 0 Å². The molecular formula is C38H44Cl2N8O2. The molecule has 0 atom stereocenters. The molecule has 4 aromatic rings. The van der Waals surface area contributed by atoms with Gasteiger partial charge in [-0.3, -0.25) is 14.5 Å².